The van der Waals surface area contributed by atoms with E-state index in [2.05, 4.69) is 26.2 Å². The van der Waals surface area contributed by atoms with Crippen LogP contribution in [0.5, 0.6) is 6.01 Å². The Bertz CT molecular complexity index is 1590. The van der Waals surface area contributed by atoms with Gasteiger partial charge in [-0.25, -0.2) is 11.0 Å². The maximum atomic E-state index is 13.8. The number of fused-ring (bicyclic) bond motifs is 2. The third-order valence-electron chi connectivity index (χ3n) is 8.05. The molecule has 1 aliphatic carbocycles. The van der Waals surface area contributed by atoms with Crippen molar-refractivity contribution in [2.24, 2.45) is 0 Å². The van der Waals surface area contributed by atoms with E-state index in [0.29, 0.717) is 56.2 Å². The van der Waals surface area contributed by atoms with Crippen LogP contribution in [0.1, 0.15) is 31.0 Å². The fourth-order valence-electron chi connectivity index (χ4n) is 5.77. The summed E-state index contributed by atoms with van der Waals surface area (Å²) >= 11 is 6.64. The van der Waals surface area contributed by atoms with Gasteiger partial charge in [0.05, 0.1) is 41.9 Å². The summed E-state index contributed by atoms with van der Waals surface area (Å²) in [7, 11) is 0. The lowest BCUT2D eigenvalue weighted by Gasteiger charge is -2.41. The number of amides is 1. The number of anilines is 2. The zero-order valence-electron chi connectivity index (χ0n) is 24.0. The van der Waals surface area contributed by atoms with E-state index in [-0.39, 0.29) is 25.2 Å². The quantitative estimate of drug-likeness (QED) is 0.258. The molecule has 1 aromatic carbocycles. The number of carbonyl (C=O) groups excluding carboxylic acids is 1. The Hall–Kier alpha value is -4.01. The molecule has 3 aliphatic rings. The molecule has 224 valence electrons. The third kappa shape index (κ3) is 6.21. The second-order valence-electron chi connectivity index (χ2n) is 11.2. The molecule has 0 unspecified atom stereocenters. The Balaban J connectivity index is 1.33. The predicted molar refractivity (Wildman–Crippen MR) is 162 cm³/mol. The lowest BCUT2D eigenvalue weighted by Crippen LogP contribution is -2.57. The molecule has 0 N–H and O–H groups in total. The fourth-order valence-corrected chi connectivity index (χ4v) is 6.05. The van der Waals surface area contributed by atoms with Gasteiger partial charge in [-0.1, -0.05) is 30.3 Å². The maximum Gasteiger partial charge on any atom is 0.319 e. The second-order valence-corrected chi connectivity index (χ2v) is 11.6. The van der Waals surface area contributed by atoms with Gasteiger partial charge < -0.3 is 29.0 Å². The summed E-state index contributed by atoms with van der Waals surface area (Å²) in [5, 5.41) is 2.56. The zero-order chi connectivity index (χ0) is 30.1. The number of carbonyl (C=O) groups is 1. The van der Waals surface area contributed by atoms with E-state index in [9.17, 15) is 9.18 Å². The Morgan fingerprint density at radius 2 is 2.07 bits per heavy atom. The molecule has 12 heteroatoms. The number of hydrogen-bond donors (Lipinski definition) is 0. The number of rotatable bonds is 9. The molecule has 1 amide bonds. The lowest BCUT2D eigenvalue weighted by molar-refractivity contribution is -0.131. The number of piperazine rings is 1. The molecule has 2 aliphatic heterocycles. The van der Waals surface area contributed by atoms with Crippen LogP contribution in [0.3, 0.4) is 0 Å². The minimum atomic E-state index is -1.02. The molecular weight excluding hydrogens is 573 g/mol. The van der Waals surface area contributed by atoms with Crippen LogP contribution >= 0.6 is 11.6 Å². The van der Waals surface area contributed by atoms with E-state index in [1.54, 1.807) is 0 Å². The number of pyridine rings is 1. The largest absolute Gasteiger partial charge is 0.458 e. The molecule has 0 spiro atoms. The van der Waals surface area contributed by atoms with Crippen molar-refractivity contribution in [3.63, 3.8) is 0 Å². The Morgan fingerprint density at radius 1 is 1.23 bits per heavy atom. The number of nitrogens with zero attached hydrogens (tertiary/aromatic N) is 7. The van der Waals surface area contributed by atoms with Gasteiger partial charge in [-0.05, 0) is 32.3 Å². The molecule has 10 nitrogen and oxygen atoms in total. The van der Waals surface area contributed by atoms with Gasteiger partial charge in [-0.3, -0.25) is 9.78 Å². The van der Waals surface area contributed by atoms with Crippen molar-refractivity contribution >= 4 is 39.8 Å². The maximum absolute atomic E-state index is 13.8. The smallest absolute Gasteiger partial charge is 0.319 e. The minimum Gasteiger partial charge on any atom is -0.458 e. The Labute approximate surface area is 254 Å². The normalized spacial score (nSPS) is 19.1. The van der Waals surface area contributed by atoms with Gasteiger partial charge >= 0.3 is 6.01 Å². The van der Waals surface area contributed by atoms with Crippen LogP contribution in [-0.2, 0) is 22.5 Å². The number of aromatic nitrogens is 3. The van der Waals surface area contributed by atoms with E-state index < -0.39 is 17.8 Å². The first-order valence-corrected chi connectivity index (χ1v) is 14.9. The van der Waals surface area contributed by atoms with Gasteiger partial charge in [0, 0.05) is 48.7 Å². The molecule has 0 bridgehead atoms. The average molecular weight is 606 g/mol. The summed E-state index contributed by atoms with van der Waals surface area (Å²) < 4.78 is 25.8. The summed E-state index contributed by atoms with van der Waals surface area (Å²) in [5.74, 6) is -1.08. The van der Waals surface area contributed by atoms with Gasteiger partial charge in [-0.15, -0.1) is 0 Å². The molecule has 1 saturated heterocycles. The van der Waals surface area contributed by atoms with Crippen molar-refractivity contribution in [1.82, 2.24) is 19.9 Å². The van der Waals surface area contributed by atoms with Gasteiger partial charge in [0.2, 0.25) is 6.54 Å². The highest BCUT2D eigenvalue weighted by Crippen LogP contribution is 2.37. The summed E-state index contributed by atoms with van der Waals surface area (Å²) in [6, 6.07) is 5.53. The number of hydrogen-bond acceptors (Lipinski definition) is 8. The standard InChI is InChI=1S/C31H33ClFN7O3/c1-19(18-42-23-7-8-23)43-31-36-26-17-38(27-15-35-13-21-5-4-6-25(32)28(21)27)10-9-24(26)29(37-31)39-11-12-40(30(41)20(2)33)22(16-39)14-34-3/h4-6,13,15,19,22-23H,2,7-12,14,16-18H2,1H3/t19-,22+/m1/s1. The first kappa shape index (κ1) is 29.1. The highest BCUT2D eigenvalue weighted by Gasteiger charge is 2.36. The van der Waals surface area contributed by atoms with Gasteiger partial charge in [0.25, 0.3) is 5.91 Å². The van der Waals surface area contributed by atoms with Crippen LogP contribution in [0.25, 0.3) is 15.6 Å². The average Bonchev–Trinajstić information content (AvgIpc) is 3.84. The minimum absolute atomic E-state index is 0.0459. The molecule has 6 rings (SSSR count). The van der Waals surface area contributed by atoms with E-state index >= 15 is 0 Å². The SMILES string of the molecule is [C-]#[N+]C[C@H]1CN(c2nc(O[C@H](C)COC3CC3)nc3c2CCN(c2cncc4cccc(Cl)c24)C3)CCN1C(=O)C(=C)F. The van der Waals surface area contributed by atoms with E-state index in [0.717, 1.165) is 40.6 Å². The molecule has 4 heterocycles. The summed E-state index contributed by atoms with van der Waals surface area (Å²) in [5.41, 5.74) is 2.74. The number of benzene rings is 1. The van der Waals surface area contributed by atoms with Crippen molar-refractivity contribution < 1.29 is 18.7 Å². The molecule has 3 aromatic rings. The summed E-state index contributed by atoms with van der Waals surface area (Å²) in [6.45, 7) is 15.2. The molecule has 2 atom stereocenters. The van der Waals surface area contributed by atoms with Gasteiger partial charge in [0.1, 0.15) is 18.0 Å². The first-order valence-electron chi connectivity index (χ1n) is 14.5. The Morgan fingerprint density at radius 3 is 2.84 bits per heavy atom. The van der Waals surface area contributed by atoms with Crippen LogP contribution in [-0.4, -0.2) is 83.3 Å². The predicted octanol–water partition coefficient (Wildman–Crippen LogP) is 4.61. The van der Waals surface area contributed by atoms with Gasteiger partial charge in [-0.2, -0.15) is 9.97 Å². The zero-order valence-corrected chi connectivity index (χ0v) is 24.8. The molecule has 0 radical (unpaired) electrons. The van der Waals surface area contributed by atoms with Crippen molar-refractivity contribution in [2.45, 2.75) is 51.0 Å². The second kappa shape index (κ2) is 12.3. The monoisotopic (exact) mass is 605 g/mol. The topological polar surface area (TPSA) is 88.3 Å². The first-order chi connectivity index (χ1) is 20.8. The lowest BCUT2D eigenvalue weighted by atomic mass is 10.0. The summed E-state index contributed by atoms with van der Waals surface area (Å²) in [4.78, 5) is 35.9. The van der Waals surface area contributed by atoms with E-state index in [4.69, 9.17) is 37.6 Å². The van der Waals surface area contributed by atoms with E-state index in [1.807, 2.05) is 37.5 Å². The molecule has 43 heavy (non-hydrogen) atoms. The molecule has 1 saturated carbocycles. The molecule has 2 fully saturated rings. The van der Waals surface area contributed by atoms with Crippen LogP contribution in [0.2, 0.25) is 5.02 Å². The molecule has 2 aromatic heterocycles. The van der Waals surface area contributed by atoms with E-state index in [1.165, 1.54) is 4.90 Å². The van der Waals surface area contributed by atoms with Gasteiger partial charge in [0.15, 0.2) is 5.83 Å². The van der Waals surface area contributed by atoms with Crippen LogP contribution in [0.4, 0.5) is 15.9 Å². The Kier molecular flexibility index (Phi) is 8.32. The highest BCUT2D eigenvalue weighted by molar-refractivity contribution is 6.36. The molecular formula is C31H33ClFN7O3. The van der Waals surface area contributed by atoms with Crippen molar-refractivity contribution in [3.05, 3.63) is 70.7 Å². The van der Waals surface area contributed by atoms with Crippen molar-refractivity contribution in [3.8, 4) is 6.01 Å². The highest BCUT2D eigenvalue weighted by atomic mass is 35.5. The van der Waals surface area contributed by atoms with Crippen molar-refractivity contribution in [2.75, 3.05) is 49.1 Å². The number of halogens is 2. The van der Waals surface area contributed by atoms with Crippen LogP contribution < -0.4 is 14.5 Å². The van der Waals surface area contributed by atoms with Crippen LogP contribution in [0.15, 0.2) is 43.0 Å². The van der Waals surface area contributed by atoms with Crippen molar-refractivity contribution in [1.29, 1.82) is 0 Å². The third-order valence-corrected chi connectivity index (χ3v) is 8.37. The number of ether oxygens (including phenoxy) is 2. The fraction of sp³-hybridized carbons (Fsp3) is 0.452. The van der Waals surface area contributed by atoms with Crippen LogP contribution in [0, 0.1) is 6.57 Å². The summed E-state index contributed by atoms with van der Waals surface area (Å²) in [6.07, 6.45) is 6.49.